The number of carbonyl (C=O) groups excluding carboxylic acids is 2. The number of anilines is 2. The lowest BCUT2D eigenvalue weighted by Gasteiger charge is -2.19. The van der Waals surface area contributed by atoms with Gasteiger partial charge in [0.15, 0.2) is 6.61 Å². The first-order chi connectivity index (χ1) is 14.3. The van der Waals surface area contributed by atoms with Crippen molar-refractivity contribution in [3.05, 3.63) is 65.5 Å². The number of fused-ring (bicyclic) bond motifs is 1. The van der Waals surface area contributed by atoms with Crippen LogP contribution >= 0.6 is 11.8 Å². The maximum Gasteiger partial charge on any atom is 0.338 e. The molecular formula is C21H17F2N3O3S. The molecule has 0 bridgehead atoms. The number of benzene rings is 2. The monoisotopic (exact) mass is 429 g/mol. The molecule has 0 N–H and O–H groups in total. The number of esters is 1. The summed E-state index contributed by atoms with van der Waals surface area (Å²) in [6.07, 6.45) is 0. The number of hydrogen-bond acceptors (Lipinski definition) is 7. The number of ether oxygens (including phenoxy) is 1. The van der Waals surface area contributed by atoms with Crippen LogP contribution in [0.25, 0.3) is 0 Å². The second kappa shape index (κ2) is 8.97. The molecule has 1 aliphatic heterocycles. The molecule has 0 aromatic heterocycles. The van der Waals surface area contributed by atoms with Crippen molar-refractivity contribution in [3.63, 3.8) is 0 Å². The van der Waals surface area contributed by atoms with Crippen LogP contribution in [0.2, 0.25) is 0 Å². The number of para-hydroxylation sites is 2. The Balaban J connectivity index is 1.71. The van der Waals surface area contributed by atoms with Crippen LogP contribution in [0.4, 0.5) is 20.2 Å². The Morgan fingerprint density at radius 3 is 2.13 bits per heavy atom. The molecule has 1 aliphatic rings. The van der Waals surface area contributed by atoms with Crippen LogP contribution in [0.3, 0.4) is 0 Å². The van der Waals surface area contributed by atoms with Gasteiger partial charge in [0.25, 0.3) is 5.76 Å². The highest BCUT2D eigenvalue weighted by molar-refractivity contribution is 7.99. The van der Waals surface area contributed by atoms with Crippen LogP contribution in [-0.4, -0.2) is 38.2 Å². The summed E-state index contributed by atoms with van der Waals surface area (Å²) in [5.74, 6) is -3.59. The molecule has 0 aliphatic carbocycles. The predicted octanol–water partition coefficient (Wildman–Crippen LogP) is 4.05. The minimum Gasteiger partial charge on any atom is -0.454 e. The van der Waals surface area contributed by atoms with Gasteiger partial charge >= 0.3 is 5.97 Å². The van der Waals surface area contributed by atoms with Gasteiger partial charge in [-0.15, -0.1) is 0 Å². The minimum absolute atomic E-state index is 0.120. The second-order valence-corrected chi connectivity index (χ2v) is 7.38. The number of ketones is 1. The van der Waals surface area contributed by atoms with Crippen LogP contribution in [0.5, 0.6) is 0 Å². The average molecular weight is 429 g/mol. The molecule has 0 saturated carbocycles. The van der Waals surface area contributed by atoms with Crippen molar-refractivity contribution in [3.8, 4) is 6.07 Å². The predicted molar refractivity (Wildman–Crippen MR) is 109 cm³/mol. The maximum atomic E-state index is 12.6. The molecule has 3 rings (SSSR count). The van der Waals surface area contributed by atoms with Gasteiger partial charge in [-0.2, -0.15) is 14.0 Å². The van der Waals surface area contributed by atoms with Gasteiger partial charge in [0.2, 0.25) is 5.78 Å². The summed E-state index contributed by atoms with van der Waals surface area (Å²) in [4.78, 5) is 28.6. The Morgan fingerprint density at radius 2 is 1.63 bits per heavy atom. The third kappa shape index (κ3) is 4.28. The fraction of sp³-hybridized carbons (Fsp3) is 0.190. The quantitative estimate of drug-likeness (QED) is 0.297. The van der Waals surface area contributed by atoms with Crippen LogP contribution in [0.15, 0.2) is 64.8 Å². The first-order valence-corrected chi connectivity index (χ1v) is 9.67. The van der Waals surface area contributed by atoms with E-state index in [1.807, 2.05) is 30.3 Å². The second-order valence-electron chi connectivity index (χ2n) is 6.32. The number of rotatable bonds is 6. The van der Waals surface area contributed by atoms with Crippen LogP contribution < -0.4 is 9.80 Å². The summed E-state index contributed by atoms with van der Waals surface area (Å²) in [5.41, 5.74) is 1.67. The van der Waals surface area contributed by atoms with Gasteiger partial charge in [0, 0.05) is 19.0 Å². The fourth-order valence-corrected chi connectivity index (χ4v) is 3.62. The van der Waals surface area contributed by atoms with Crippen molar-refractivity contribution in [1.29, 1.82) is 5.26 Å². The van der Waals surface area contributed by atoms with E-state index in [9.17, 15) is 23.6 Å². The van der Waals surface area contributed by atoms with E-state index >= 15 is 0 Å². The Morgan fingerprint density at radius 1 is 1.07 bits per heavy atom. The molecule has 0 fully saturated rings. The lowest BCUT2D eigenvalue weighted by atomic mass is 10.2. The molecule has 2 aromatic rings. The third-order valence-electron chi connectivity index (χ3n) is 4.50. The van der Waals surface area contributed by atoms with E-state index in [4.69, 9.17) is 4.74 Å². The Kier molecular flexibility index (Phi) is 6.37. The maximum absolute atomic E-state index is 12.6. The van der Waals surface area contributed by atoms with Gasteiger partial charge in [-0.05, 0) is 36.4 Å². The van der Waals surface area contributed by atoms with Crippen molar-refractivity contribution in [2.24, 2.45) is 0 Å². The summed E-state index contributed by atoms with van der Waals surface area (Å²) in [6.45, 7) is -0.614. The molecule has 154 valence electrons. The van der Waals surface area contributed by atoms with Crippen molar-refractivity contribution < 1.29 is 23.1 Å². The van der Waals surface area contributed by atoms with Gasteiger partial charge in [-0.1, -0.05) is 23.9 Å². The number of thioether (sulfide) groups is 1. The highest BCUT2D eigenvalue weighted by Gasteiger charge is 2.31. The molecule has 1 heterocycles. The molecule has 0 radical (unpaired) electrons. The third-order valence-corrected chi connectivity index (χ3v) is 5.23. The number of Topliss-reactive ketones (excluding diaryl/α,β-unsaturated/α-hetero) is 1. The van der Waals surface area contributed by atoms with Gasteiger partial charge in [-0.25, -0.2) is 4.79 Å². The molecule has 0 amide bonds. The first kappa shape index (κ1) is 21.3. The highest BCUT2D eigenvalue weighted by atomic mass is 32.2. The van der Waals surface area contributed by atoms with E-state index in [-0.39, 0.29) is 11.1 Å². The number of carbonyl (C=O) groups is 2. The van der Waals surface area contributed by atoms with E-state index in [1.165, 1.54) is 24.3 Å². The largest absolute Gasteiger partial charge is 0.454 e. The molecule has 6 nitrogen and oxygen atoms in total. The lowest BCUT2D eigenvalue weighted by molar-refractivity contribution is -0.118. The van der Waals surface area contributed by atoms with E-state index in [0.29, 0.717) is 22.5 Å². The zero-order chi connectivity index (χ0) is 21.8. The van der Waals surface area contributed by atoms with Crippen LogP contribution in [0, 0.1) is 11.3 Å². The number of halogens is 2. The standard InChI is InChI=1S/C21H17F2N3O3S/c1-25-16-5-3-4-6-17(16)26(2)19(25)15(11-24)18(27)12-29-20(28)13-7-9-14(10-8-13)30-21(22)23/h3-10,21H,12H2,1-2H3. The van der Waals surface area contributed by atoms with E-state index in [0.717, 1.165) is 11.4 Å². The Labute approximate surface area is 176 Å². The zero-order valence-corrected chi connectivity index (χ0v) is 17.0. The Bertz CT molecular complexity index is 1020. The zero-order valence-electron chi connectivity index (χ0n) is 16.1. The van der Waals surface area contributed by atoms with Crippen molar-refractivity contribution >= 4 is 34.9 Å². The lowest BCUT2D eigenvalue weighted by Crippen LogP contribution is -2.27. The molecule has 0 saturated heterocycles. The van der Waals surface area contributed by atoms with E-state index < -0.39 is 24.1 Å². The summed E-state index contributed by atoms with van der Waals surface area (Å²) in [5, 5.41) is 9.57. The van der Waals surface area contributed by atoms with Crippen molar-refractivity contribution in [1.82, 2.24) is 0 Å². The van der Waals surface area contributed by atoms with Gasteiger partial charge in [-0.3, -0.25) is 4.79 Å². The average Bonchev–Trinajstić information content (AvgIpc) is 2.98. The SMILES string of the molecule is CN1C(=C(C#N)C(=O)COC(=O)c2ccc(SC(F)F)cc2)N(C)c2ccccc21. The minimum atomic E-state index is -2.56. The Hall–Kier alpha value is -3.38. The smallest absolute Gasteiger partial charge is 0.338 e. The molecule has 0 atom stereocenters. The fourth-order valence-electron chi connectivity index (χ4n) is 3.12. The summed E-state index contributed by atoms with van der Waals surface area (Å²) in [7, 11) is 3.49. The number of nitriles is 1. The van der Waals surface area contributed by atoms with Crippen LogP contribution in [0.1, 0.15) is 10.4 Å². The number of nitrogens with zero attached hydrogens (tertiary/aromatic N) is 3. The highest BCUT2D eigenvalue weighted by Crippen LogP contribution is 2.40. The van der Waals surface area contributed by atoms with Gasteiger partial charge in [0.1, 0.15) is 17.5 Å². The van der Waals surface area contributed by atoms with Crippen molar-refractivity contribution in [2.75, 3.05) is 30.5 Å². The molecule has 0 unspecified atom stereocenters. The van der Waals surface area contributed by atoms with Crippen LogP contribution in [-0.2, 0) is 9.53 Å². The topological polar surface area (TPSA) is 73.6 Å². The molecule has 0 spiro atoms. The van der Waals surface area contributed by atoms with Crippen molar-refractivity contribution in [2.45, 2.75) is 10.7 Å². The summed E-state index contributed by atoms with van der Waals surface area (Å²) < 4.78 is 29.8. The summed E-state index contributed by atoms with van der Waals surface area (Å²) in [6, 6.07) is 14.8. The first-order valence-electron chi connectivity index (χ1n) is 8.79. The number of hydrogen-bond donors (Lipinski definition) is 0. The molecular weight excluding hydrogens is 412 g/mol. The molecule has 9 heteroatoms. The van der Waals surface area contributed by atoms with Gasteiger partial charge in [0.05, 0.1) is 16.9 Å². The van der Waals surface area contributed by atoms with E-state index in [1.54, 1.807) is 23.9 Å². The molecule has 30 heavy (non-hydrogen) atoms. The normalized spacial score (nSPS) is 12.6. The van der Waals surface area contributed by atoms with Gasteiger partial charge < -0.3 is 14.5 Å². The molecule has 2 aromatic carbocycles. The van der Waals surface area contributed by atoms with E-state index in [2.05, 4.69) is 0 Å². The summed E-state index contributed by atoms with van der Waals surface area (Å²) >= 11 is 0.362. The number of alkyl halides is 2.